The summed E-state index contributed by atoms with van der Waals surface area (Å²) in [7, 11) is 0. The highest BCUT2D eigenvalue weighted by Gasteiger charge is 2.35. The molecule has 3 heterocycles. The molecule has 5 rings (SSSR count). The Labute approximate surface area is 204 Å². The van der Waals surface area contributed by atoms with E-state index in [1.807, 2.05) is 18.7 Å². The number of aliphatic hydroxyl groups is 1. The second kappa shape index (κ2) is 9.42. The topological polar surface area (TPSA) is 113 Å². The number of hydrogen-bond acceptors (Lipinski definition) is 8. The van der Waals surface area contributed by atoms with Crippen molar-refractivity contribution < 1.29 is 27.8 Å². The van der Waals surface area contributed by atoms with Crippen LogP contribution >= 0.6 is 11.3 Å². The number of halogens is 2. The number of aromatic nitrogens is 2. The first-order chi connectivity index (χ1) is 16.8. The van der Waals surface area contributed by atoms with E-state index in [1.54, 1.807) is 18.3 Å². The van der Waals surface area contributed by atoms with Crippen molar-refractivity contribution in [2.45, 2.75) is 64.0 Å². The summed E-state index contributed by atoms with van der Waals surface area (Å²) in [5.74, 6) is 0.483. The van der Waals surface area contributed by atoms with Gasteiger partial charge in [0.2, 0.25) is 0 Å². The quantitative estimate of drug-likeness (QED) is 0.450. The molecular formula is C23H25F2N5O4S. The third kappa shape index (κ3) is 4.94. The number of aliphatic hydroxyl groups excluding tert-OH is 1. The van der Waals surface area contributed by atoms with E-state index < -0.39 is 6.61 Å². The minimum absolute atomic E-state index is 0.0177. The molecule has 186 valence electrons. The van der Waals surface area contributed by atoms with Gasteiger partial charge >= 0.3 is 12.6 Å². The fourth-order valence-electron chi connectivity index (χ4n) is 4.50. The molecule has 1 aliphatic carbocycles. The number of alkyl halides is 2. The van der Waals surface area contributed by atoms with E-state index in [0.29, 0.717) is 41.7 Å². The number of oxazole rings is 1. The average molecular weight is 506 g/mol. The van der Waals surface area contributed by atoms with Crippen LogP contribution < -0.4 is 20.3 Å². The summed E-state index contributed by atoms with van der Waals surface area (Å²) in [6.45, 7) is 1.16. The van der Waals surface area contributed by atoms with Crippen molar-refractivity contribution in [2.24, 2.45) is 0 Å². The number of benzene rings is 1. The molecule has 3 aromatic rings. The molecule has 0 bridgehead atoms. The lowest BCUT2D eigenvalue weighted by Crippen LogP contribution is -2.48. The van der Waals surface area contributed by atoms with E-state index in [1.165, 1.54) is 23.5 Å². The Balaban J connectivity index is 1.31. The standard InChI is InChI=1S/C23H25F2N5O4S/c1-11-6-17-19(35-22(28-17)29-21(32)27-14-8-15(31)9-14)12(2)30(11)23-26-10-18(34-23)13-4-3-5-16(7-13)33-20(24)25/h3-5,7,10-12,14-15,20,31H,6,8-9H2,1-2H3,(H2,27,28,29,32)/t11-,12+,14?,15?/m1/s1. The summed E-state index contributed by atoms with van der Waals surface area (Å²) in [5.41, 5.74) is 1.50. The monoisotopic (exact) mass is 505 g/mol. The van der Waals surface area contributed by atoms with E-state index in [4.69, 9.17) is 4.42 Å². The molecule has 0 saturated heterocycles. The van der Waals surface area contributed by atoms with Gasteiger partial charge in [0.25, 0.3) is 6.01 Å². The van der Waals surface area contributed by atoms with Crippen molar-refractivity contribution in [1.29, 1.82) is 0 Å². The lowest BCUT2D eigenvalue weighted by Gasteiger charge is -2.36. The van der Waals surface area contributed by atoms with Crippen molar-refractivity contribution in [3.05, 3.63) is 41.0 Å². The predicted molar refractivity (Wildman–Crippen MR) is 126 cm³/mol. The smallest absolute Gasteiger partial charge is 0.387 e. The molecule has 9 nitrogen and oxygen atoms in total. The molecule has 0 unspecified atom stereocenters. The molecule has 0 spiro atoms. The maximum atomic E-state index is 12.6. The number of ether oxygens (including phenoxy) is 1. The maximum Gasteiger partial charge on any atom is 0.387 e. The van der Waals surface area contributed by atoms with Crippen LogP contribution in [-0.4, -0.2) is 45.9 Å². The first kappa shape index (κ1) is 23.5. The fourth-order valence-corrected chi connectivity index (χ4v) is 5.54. The summed E-state index contributed by atoms with van der Waals surface area (Å²) in [6, 6.07) is 6.27. The highest BCUT2D eigenvalue weighted by molar-refractivity contribution is 7.16. The zero-order valence-electron chi connectivity index (χ0n) is 19.1. The Morgan fingerprint density at radius 2 is 2.14 bits per heavy atom. The first-order valence-corrected chi connectivity index (χ1v) is 12.1. The van der Waals surface area contributed by atoms with Gasteiger partial charge in [-0.1, -0.05) is 23.5 Å². The van der Waals surface area contributed by atoms with Crippen molar-refractivity contribution in [1.82, 2.24) is 15.3 Å². The largest absolute Gasteiger partial charge is 0.435 e. The zero-order valence-corrected chi connectivity index (χ0v) is 19.9. The SMILES string of the molecule is C[C@@H]1Cc2nc(NC(=O)NC3CC(O)C3)sc2[C@H](C)N1c1ncc(-c2cccc(OC(F)F)c2)o1. The summed E-state index contributed by atoms with van der Waals surface area (Å²) >= 11 is 1.41. The van der Waals surface area contributed by atoms with Crippen molar-refractivity contribution in [2.75, 3.05) is 10.2 Å². The van der Waals surface area contributed by atoms with Gasteiger partial charge in [0.05, 0.1) is 28.9 Å². The number of fused-ring (bicyclic) bond motifs is 1. The maximum absolute atomic E-state index is 12.6. The molecular weight excluding hydrogens is 480 g/mol. The van der Waals surface area contributed by atoms with Crippen LogP contribution in [0.2, 0.25) is 0 Å². The molecule has 2 amide bonds. The van der Waals surface area contributed by atoms with Crippen molar-refractivity contribution >= 4 is 28.5 Å². The normalized spacial score (nSPS) is 23.5. The number of rotatable bonds is 6. The number of thiazole rings is 1. The third-order valence-corrected chi connectivity index (χ3v) is 7.40. The summed E-state index contributed by atoms with van der Waals surface area (Å²) < 4.78 is 35.6. The Hall–Kier alpha value is -3.25. The molecule has 1 fully saturated rings. The van der Waals surface area contributed by atoms with Gasteiger partial charge in [-0.05, 0) is 38.8 Å². The average Bonchev–Trinajstić information content (AvgIpc) is 3.40. The Bertz CT molecular complexity index is 1210. The molecule has 2 aliphatic rings. The molecule has 0 radical (unpaired) electrons. The van der Waals surface area contributed by atoms with E-state index in [-0.39, 0.29) is 36.0 Å². The predicted octanol–water partition coefficient (Wildman–Crippen LogP) is 4.56. The fraction of sp³-hybridized carbons (Fsp3) is 0.435. The minimum atomic E-state index is -2.91. The van der Waals surface area contributed by atoms with Crippen LogP contribution in [0.5, 0.6) is 5.75 Å². The molecule has 2 atom stereocenters. The highest BCUT2D eigenvalue weighted by Crippen LogP contribution is 2.41. The van der Waals surface area contributed by atoms with Crippen LogP contribution in [0.1, 0.15) is 43.3 Å². The second-order valence-corrected chi connectivity index (χ2v) is 9.83. The van der Waals surface area contributed by atoms with Crippen molar-refractivity contribution in [3.63, 3.8) is 0 Å². The molecule has 1 saturated carbocycles. The molecule has 12 heteroatoms. The highest BCUT2D eigenvalue weighted by atomic mass is 32.1. The van der Waals surface area contributed by atoms with Crippen LogP contribution in [-0.2, 0) is 6.42 Å². The van der Waals surface area contributed by atoms with E-state index >= 15 is 0 Å². The third-order valence-electron chi connectivity index (χ3n) is 6.21. The molecule has 1 aromatic carbocycles. The summed E-state index contributed by atoms with van der Waals surface area (Å²) in [4.78, 5) is 24.4. The first-order valence-electron chi connectivity index (χ1n) is 11.3. The molecule has 1 aliphatic heterocycles. The number of anilines is 2. The molecule has 35 heavy (non-hydrogen) atoms. The van der Waals surface area contributed by atoms with Gasteiger partial charge < -0.3 is 24.5 Å². The molecule has 2 aromatic heterocycles. The van der Waals surface area contributed by atoms with Gasteiger partial charge in [0, 0.05) is 24.1 Å². The Kier molecular flexibility index (Phi) is 6.32. The van der Waals surface area contributed by atoms with E-state index in [2.05, 4.69) is 25.3 Å². The van der Waals surface area contributed by atoms with Gasteiger partial charge in [0.15, 0.2) is 10.9 Å². The Morgan fingerprint density at radius 1 is 1.34 bits per heavy atom. The minimum Gasteiger partial charge on any atom is -0.435 e. The van der Waals surface area contributed by atoms with Crippen LogP contribution in [0.4, 0.5) is 24.7 Å². The van der Waals surface area contributed by atoms with Gasteiger partial charge in [-0.15, -0.1) is 0 Å². The van der Waals surface area contributed by atoms with Crippen LogP contribution in [0.3, 0.4) is 0 Å². The summed E-state index contributed by atoms with van der Waals surface area (Å²) in [6.07, 6.45) is 2.99. The number of nitrogens with one attached hydrogen (secondary N) is 2. The number of hydrogen-bond donors (Lipinski definition) is 3. The van der Waals surface area contributed by atoms with Crippen molar-refractivity contribution in [3.8, 4) is 17.1 Å². The molecule has 3 N–H and O–H groups in total. The zero-order chi connectivity index (χ0) is 24.7. The van der Waals surface area contributed by atoms with Crippen LogP contribution in [0.15, 0.2) is 34.9 Å². The lowest BCUT2D eigenvalue weighted by molar-refractivity contribution is -0.0498. The number of amides is 2. The number of carbonyl (C=O) groups is 1. The van der Waals surface area contributed by atoms with E-state index in [0.717, 1.165) is 10.6 Å². The van der Waals surface area contributed by atoms with Crippen LogP contribution in [0, 0.1) is 0 Å². The Morgan fingerprint density at radius 3 is 2.89 bits per heavy atom. The van der Waals surface area contributed by atoms with Gasteiger partial charge in [-0.25, -0.2) is 14.8 Å². The summed E-state index contributed by atoms with van der Waals surface area (Å²) in [5, 5.41) is 15.5. The van der Waals surface area contributed by atoms with Gasteiger partial charge in [0.1, 0.15) is 5.75 Å². The number of urea groups is 1. The van der Waals surface area contributed by atoms with Crippen LogP contribution in [0.25, 0.3) is 11.3 Å². The van der Waals surface area contributed by atoms with Gasteiger partial charge in [-0.3, -0.25) is 5.32 Å². The van der Waals surface area contributed by atoms with Gasteiger partial charge in [-0.2, -0.15) is 8.78 Å². The number of nitrogens with zero attached hydrogens (tertiary/aromatic N) is 3. The number of carbonyl (C=O) groups excluding carboxylic acids is 1. The lowest BCUT2D eigenvalue weighted by atomic mass is 9.90. The van der Waals surface area contributed by atoms with E-state index in [9.17, 15) is 18.7 Å². The second-order valence-electron chi connectivity index (χ2n) is 8.80.